The molecule has 3 aromatic rings. The molecular weight excluding hydrogens is 437 g/mol. The topological polar surface area (TPSA) is 67.9 Å². The van der Waals surface area contributed by atoms with E-state index in [-0.39, 0.29) is 5.78 Å². The van der Waals surface area contributed by atoms with Crippen molar-refractivity contribution in [3.05, 3.63) is 106 Å². The van der Waals surface area contributed by atoms with Gasteiger partial charge < -0.3 is 4.90 Å². The summed E-state index contributed by atoms with van der Waals surface area (Å²) in [7, 11) is 0. The molecule has 0 aliphatic carbocycles. The quantitative estimate of drug-likeness (QED) is 0.472. The molecule has 2 aliphatic rings. The molecule has 1 fully saturated rings. The van der Waals surface area contributed by atoms with Crippen molar-refractivity contribution in [1.29, 1.82) is 10.5 Å². The summed E-state index contributed by atoms with van der Waals surface area (Å²) in [6, 6.07) is 22.9. The number of rotatable bonds is 3. The van der Waals surface area contributed by atoms with Crippen LogP contribution in [0.4, 0.5) is 10.1 Å². The van der Waals surface area contributed by atoms with Gasteiger partial charge in [-0.15, -0.1) is 0 Å². The zero-order chi connectivity index (χ0) is 23.2. The van der Waals surface area contributed by atoms with Gasteiger partial charge in [0.25, 0.3) is 0 Å². The standard InChI is InChI=1S/C27H17ClFN3O/c28-20-9-12-22-19(14-20)8-13-23-27(15-30,16-31)24(17-4-2-1-3-5-17)25(32(22)23)26(33)18-6-10-21(29)11-7-18/h1-14,23-25H/t23-,24+,25+/m0/s1. The molecule has 3 atom stereocenters. The molecule has 1 saturated heterocycles. The van der Waals surface area contributed by atoms with Crippen molar-refractivity contribution in [2.45, 2.75) is 18.0 Å². The highest BCUT2D eigenvalue weighted by molar-refractivity contribution is 6.30. The zero-order valence-electron chi connectivity index (χ0n) is 17.3. The normalized spacial score (nSPS) is 22.1. The molecule has 6 heteroatoms. The van der Waals surface area contributed by atoms with Crippen molar-refractivity contribution in [3.8, 4) is 12.1 Å². The fourth-order valence-electron chi connectivity index (χ4n) is 5.08. The number of carbonyl (C=O) groups is 1. The van der Waals surface area contributed by atoms with Gasteiger partial charge >= 0.3 is 0 Å². The summed E-state index contributed by atoms with van der Waals surface area (Å²) >= 11 is 6.20. The number of Topliss-reactive ketones (excluding diaryl/α,β-unsaturated/α-hetero) is 1. The second kappa shape index (κ2) is 7.89. The first kappa shape index (κ1) is 20.9. The van der Waals surface area contributed by atoms with Crippen LogP contribution < -0.4 is 4.90 Å². The Morgan fingerprint density at radius 1 is 1.00 bits per heavy atom. The number of ketones is 1. The zero-order valence-corrected chi connectivity index (χ0v) is 18.1. The number of benzene rings is 3. The Bertz CT molecular complexity index is 1340. The fraction of sp³-hybridized carbons (Fsp3) is 0.148. The summed E-state index contributed by atoms with van der Waals surface area (Å²) in [6.07, 6.45) is 3.65. The van der Waals surface area contributed by atoms with E-state index >= 15 is 0 Å². The van der Waals surface area contributed by atoms with E-state index in [0.29, 0.717) is 10.6 Å². The SMILES string of the molecule is N#CC1(C#N)[C@H](c2ccccc2)[C@H](C(=O)c2ccc(F)cc2)N2c3ccc(Cl)cc3C=C[C@H]21. The molecule has 0 radical (unpaired) electrons. The maximum absolute atomic E-state index is 14.0. The molecule has 2 aliphatic heterocycles. The second-order valence-electron chi connectivity index (χ2n) is 8.21. The van der Waals surface area contributed by atoms with E-state index in [1.807, 2.05) is 47.4 Å². The minimum Gasteiger partial charge on any atom is -0.351 e. The lowest BCUT2D eigenvalue weighted by Gasteiger charge is -2.35. The van der Waals surface area contributed by atoms with Crippen molar-refractivity contribution in [2.24, 2.45) is 5.41 Å². The third-order valence-electron chi connectivity index (χ3n) is 6.52. The maximum atomic E-state index is 14.0. The number of nitrogens with zero attached hydrogens (tertiary/aromatic N) is 3. The Kier molecular flexibility index (Phi) is 5.01. The average molecular weight is 454 g/mol. The summed E-state index contributed by atoms with van der Waals surface area (Å²) in [4.78, 5) is 15.8. The van der Waals surface area contributed by atoms with Crippen LogP contribution in [0.3, 0.4) is 0 Å². The molecule has 3 aromatic carbocycles. The minimum atomic E-state index is -1.52. The van der Waals surface area contributed by atoms with Crippen molar-refractivity contribution in [2.75, 3.05) is 4.90 Å². The van der Waals surface area contributed by atoms with E-state index in [9.17, 15) is 19.7 Å². The van der Waals surface area contributed by atoms with Gasteiger partial charge in [-0.1, -0.05) is 54.1 Å². The fourth-order valence-corrected chi connectivity index (χ4v) is 5.26. The molecule has 0 unspecified atom stereocenters. The molecule has 160 valence electrons. The average Bonchev–Trinajstić information content (AvgIpc) is 3.15. The Morgan fingerprint density at radius 2 is 1.70 bits per heavy atom. The molecule has 0 amide bonds. The van der Waals surface area contributed by atoms with Gasteiger partial charge in [0, 0.05) is 22.2 Å². The van der Waals surface area contributed by atoms with Gasteiger partial charge in [-0.25, -0.2) is 4.39 Å². The van der Waals surface area contributed by atoms with Gasteiger partial charge in [-0.05, 0) is 53.6 Å². The smallest absolute Gasteiger partial charge is 0.185 e. The summed E-state index contributed by atoms with van der Waals surface area (Å²) in [5, 5.41) is 21.3. The summed E-state index contributed by atoms with van der Waals surface area (Å²) in [5.41, 5.74) is 1.04. The first-order valence-corrected chi connectivity index (χ1v) is 10.8. The Morgan fingerprint density at radius 3 is 2.36 bits per heavy atom. The summed E-state index contributed by atoms with van der Waals surface area (Å²) < 4.78 is 13.6. The highest BCUT2D eigenvalue weighted by Crippen LogP contribution is 2.55. The van der Waals surface area contributed by atoms with Gasteiger partial charge in [-0.3, -0.25) is 4.79 Å². The number of nitriles is 2. The van der Waals surface area contributed by atoms with Crippen molar-refractivity contribution in [3.63, 3.8) is 0 Å². The van der Waals surface area contributed by atoms with E-state index in [0.717, 1.165) is 16.8 Å². The number of hydrogen-bond donors (Lipinski definition) is 0. The van der Waals surface area contributed by atoms with Crippen LogP contribution in [0.15, 0.2) is 78.9 Å². The first-order valence-electron chi connectivity index (χ1n) is 10.4. The molecule has 0 bridgehead atoms. The molecule has 0 spiro atoms. The van der Waals surface area contributed by atoms with E-state index in [1.165, 1.54) is 24.3 Å². The molecular formula is C27H17ClFN3O. The Labute approximate surface area is 195 Å². The van der Waals surface area contributed by atoms with Gasteiger partial charge in [0.15, 0.2) is 11.2 Å². The third kappa shape index (κ3) is 3.13. The van der Waals surface area contributed by atoms with Crippen molar-refractivity contribution in [1.82, 2.24) is 0 Å². The van der Waals surface area contributed by atoms with Gasteiger partial charge in [0.1, 0.15) is 11.9 Å². The largest absolute Gasteiger partial charge is 0.351 e. The van der Waals surface area contributed by atoms with Crippen LogP contribution in [0.2, 0.25) is 5.02 Å². The van der Waals surface area contributed by atoms with Crippen LogP contribution in [0.5, 0.6) is 0 Å². The first-order chi connectivity index (χ1) is 16.0. The molecule has 4 nitrogen and oxygen atoms in total. The van der Waals surface area contributed by atoms with Crippen molar-refractivity contribution >= 4 is 29.1 Å². The molecule has 33 heavy (non-hydrogen) atoms. The number of anilines is 1. The van der Waals surface area contributed by atoms with E-state index in [1.54, 1.807) is 18.2 Å². The van der Waals surface area contributed by atoms with E-state index in [2.05, 4.69) is 12.1 Å². The Balaban J connectivity index is 1.78. The van der Waals surface area contributed by atoms with Crippen LogP contribution in [0.25, 0.3) is 6.08 Å². The number of fused-ring (bicyclic) bond motifs is 3. The van der Waals surface area contributed by atoms with Crippen molar-refractivity contribution < 1.29 is 9.18 Å². The second-order valence-corrected chi connectivity index (χ2v) is 8.65. The molecule has 5 rings (SSSR count). The van der Waals surface area contributed by atoms with E-state index in [4.69, 9.17) is 11.6 Å². The van der Waals surface area contributed by atoms with Crippen LogP contribution in [0, 0.1) is 33.9 Å². The lowest BCUT2D eigenvalue weighted by Crippen LogP contribution is -2.44. The minimum absolute atomic E-state index is 0.280. The predicted molar refractivity (Wildman–Crippen MR) is 124 cm³/mol. The highest BCUT2D eigenvalue weighted by atomic mass is 35.5. The molecule has 0 aromatic heterocycles. The molecule has 0 saturated carbocycles. The molecule has 0 N–H and O–H groups in total. The number of halogens is 2. The maximum Gasteiger partial charge on any atom is 0.185 e. The highest BCUT2D eigenvalue weighted by Gasteiger charge is 2.63. The lowest BCUT2D eigenvalue weighted by molar-refractivity contribution is 0.0951. The van der Waals surface area contributed by atoms with Gasteiger partial charge in [0.2, 0.25) is 0 Å². The third-order valence-corrected chi connectivity index (χ3v) is 6.76. The predicted octanol–water partition coefficient (Wildman–Crippen LogP) is 5.76. The Hall–Kier alpha value is -3.93. The van der Waals surface area contributed by atoms with Gasteiger partial charge in [-0.2, -0.15) is 10.5 Å². The van der Waals surface area contributed by atoms with Crippen LogP contribution in [-0.4, -0.2) is 17.9 Å². The van der Waals surface area contributed by atoms with Crippen LogP contribution in [-0.2, 0) is 0 Å². The monoisotopic (exact) mass is 453 g/mol. The molecule has 2 heterocycles. The van der Waals surface area contributed by atoms with E-state index < -0.39 is 29.2 Å². The number of carbonyl (C=O) groups excluding carboxylic acids is 1. The summed E-state index contributed by atoms with van der Waals surface area (Å²) in [5.74, 6) is -1.46. The van der Waals surface area contributed by atoms with Crippen LogP contribution >= 0.6 is 11.6 Å². The number of hydrogen-bond acceptors (Lipinski definition) is 4. The van der Waals surface area contributed by atoms with Crippen LogP contribution in [0.1, 0.15) is 27.4 Å². The van der Waals surface area contributed by atoms with Gasteiger partial charge in [0.05, 0.1) is 18.2 Å². The summed E-state index contributed by atoms with van der Waals surface area (Å²) in [6.45, 7) is 0. The lowest BCUT2D eigenvalue weighted by atomic mass is 9.69.